The first-order valence-corrected chi connectivity index (χ1v) is 9.80. The van der Waals surface area contributed by atoms with Gasteiger partial charge in [0.05, 0.1) is 0 Å². The number of phenols is 6. The van der Waals surface area contributed by atoms with Crippen molar-refractivity contribution in [1.82, 2.24) is 0 Å². The van der Waals surface area contributed by atoms with Gasteiger partial charge in [-0.1, -0.05) is 0 Å². The minimum atomic E-state index is -0.732. The third kappa shape index (κ3) is 2.14. The monoisotopic (exact) mass is 384 g/mol. The molecule has 0 aromatic heterocycles. The predicted octanol–water partition coefficient (Wildman–Crippen LogP) is 3.78. The van der Waals surface area contributed by atoms with Crippen molar-refractivity contribution in [2.75, 3.05) is 0 Å². The summed E-state index contributed by atoms with van der Waals surface area (Å²) < 4.78 is 0. The maximum absolute atomic E-state index is 10.7. The summed E-state index contributed by atoms with van der Waals surface area (Å²) in [6.45, 7) is 0. The summed E-state index contributed by atoms with van der Waals surface area (Å²) in [4.78, 5) is 0. The molecule has 0 heterocycles. The van der Waals surface area contributed by atoms with Gasteiger partial charge in [0.25, 0.3) is 0 Å². The van der Waals surface area contributed by atoms with Gasteiger partial charge in [-0.15, -0.1) is 0 Å². The second-order valence-corrected chi connectivity index (χ2v) is 8.93. The van der Waals surface area contributed by atoms with Crippen LogP contribution in [0.25, 0.3) is 0 Å². The molecule has 0 amide bonds. The molecule has 2 aromatic rings. The quantitative estimate of drug-likeness (QED) is 0.346. The zero-order valence-electron chi connectivity index (χ0n) is 15.3. The summed E-state index contributed by atoms with van der Waals surface area (Å²) >= 11 is 0. The first-order valence-electron chi connectivity index (χ1n) is 9.80. The summed E-state index contributed by atoms with van der Waals surface area (Å²) in [5, 5.41) is 62.9. The molecule has 0 radical (unpaired) electrons. The van der Waals surface area contributed by atoms with E-state index in [9.17, 15) is 30.6 Å². The van der Waals surface area contributed by atoms with Gasteiger partial charge in [0, 0.05) is 22.5 Å². The molecule has 148 valence electrons. The lowest BCUT2D eigenvalue weighted by atomic mass is 9.42. The van der Waals surface area contributed by atoms with Crippen molar-refractivity contribution in [3.63, 3.8) is 0 Å². The summed E-state index contributed by atoms with van der Waals surface area (Å²) in [5.41, 5.74) is -0.172. The summed E-state index contributed by atoms with van der Waals surface area (Å²) in [6, 6.07) is 5.25. The van der Waals surface area contributed by atoms with Crippen molar-refractivity contribution in [2.45, 2.75) is 43.4 Å². The molecule has 2 aromatic carbocycles. The van der Waals surface area contributed by atoms with E-state index in [0.29, 0.717) is 30.2 Å². The van der Waals surface area contributed by atoms with Crippen molar-refractivity contribution in [3.05, 3.63) is 35.4 Å². The molecule has 0 aliphatic heterocycles. The summed E-state index contributed by atoms with van der Waals surface area (Å²) in [7, 11) is 0. The van der Waals surface area contributed by atoms with E-state index in [1.165, 1.54) is 24.3 Å². The molecule has 6 nitrogen and oxygen atoms in total. The fraction of sp³-hybridized carbons (Fsp3) is 0.455. The number of benzene rings is 2. The largest absolute Gasteiger partial charge is 0.508 e. The van der Waals surface area contributed by atoms with Crippen LogP contribution >= 0.6 is 0 Å². The van der Waals surface area contributed by atoms with Gasteiger partial charge < -0.3 is 30.6 Å². The molecule has 6 N–H and O–H groups in total. The number of aromatic hydroxyl groups is 6. The van der Waals surface area contributed by atoms with Crippen LogP contribution in [-0.2, 0) is 5.41 Å². The summed E-state index contributed by atoms with van der Waals surface area (Å²) in [5.74, 6) is -0.882. The van der Waals surface area contributed by atoms with Crippen LogP contribution in [0.1, 0.15) is 49.1 Å². The number of phenolic OH excluding ortho intramolecular Hbond substituents is 6. The lowest BCUT2D eigenvalue weighted by Crippen LogP contribution is -2.54. The molecule has 0 spiro atoms. The first-order chi connectivity index (χ1) is 13.3. The van der Waals surface area contributed by atoms with E-state index >= 15 is 0 Å². The predicted molar refractivity (Wildman–Crippen MR) is 101 cm³/mol. The second kappa shape index (κ2) is 5.63. The molecule has 0 saturated heterocycles. The Kier molecular flexibility index (Phi) is 3.49. The third-order valence-corrected chi connectivity index (χ3v) is 7.43. The zero-order chi connectivity index (χ0) is 19.8. The highest BCUT2D eigenvalue weighted by Gasteiger charge is 2.60. The van der Waals surface area contributed by atoms with Gasteiger partial charge in [0.1, 0.15) is 11.5 Å². The van der Waals surface area contributed by atoms with Crippen molar-refractivity contribution < 1.29 is 30.6 Å². The molecule has 4 saturated carbocycles. The minimum absolute atomic E-state index is 0.0959. The van der Waals surface area contributed by atoms with E-state index in [-0.39, 0.29) is 51.9 Å². The topological polar surface area (TPSA) is 121 Å². The fourth-order valence-corrected chi connectivity index (χ4v) is 6.87. The van der Waals surface area contributed by atoms with Crippen LogP contribution < -0.4 is 0 Å². The number of rotatable bonds is 2. The van der Waals surface area contributed by atoms with Crippen LogP contribution in [0.5, 0.6) is 34.5 Å². The molecular weight excluding hydrogens is 360 g/mol. The van der Waals surface area contributed by atoms with Gasteiger partial charge in [0.2, 0.25) is 0 Å². The Morgan fingerprint density at radius 2 is 1.18 bits per heavy atom. The molecule has 6 heteroatoms. The maximum atomic E-state index is 10.7. The molecule has 4 aliphatic carbocycles. The lowest BCUT2D eigenvalue weighted by Gasteiger charge is -2.61. The SMILES string of the molecule is Oc1ccc(O)c(C2C3CC4CC(C3)CC2(c2c(O)ccc(O)c2O)C4)c1O. The minimum Gasteiger partial charge on any atom is -0.508 e. The third-order valence-electron chi connectivity index (χ3n) is 7.43. The highest BCUT2D eigenvalue weighted by Crippen LogP contribution is 2.70. The van der Waals surface area contributed by atoms with E-state index < -0.39 is 5.41 Å². The van der Waals surface area contributed by atoms with Crippen LogP contribution in [-0.4, -0.2) is 30.6 Å². The zero-order valence-corrected chi connectivity index (χ0v) is 15.3. The van der Waals surface area contributed by atoms with Crippen molar-refractivity contribution in [2.24, 2.45) is 17.8 Å². The van der Waals surface area contributed by atoms with E-state index in [0.717, 1.165) is 19.3 Å². The van der Waals surface area contributed by atoms with Crippen molar-refractivity contribution in [3.8, 4) is 34.5 Å². The molecule has 6 rings (SSSR count). The van der Waals surface area contributed by atoms with Crippen molar-refractivity contribution in [1.29, 1.82) is 0 Å². The Morgan fingerprint density at radius 3 is 1.82 bits per heavy atom. The van der Waals surface area contributed by atoms with Gasteiger partial charge in [-0.3, -0.25) is 0 Å². The Morgan fingerprint density at radius 1 is 0.643 bits per heavy atom. The average molecular weight is 384 g/mol. The Hall–Kier alpha value is -2.76. The Bertz CT molecular complexity index is 954. The van der Waals surface area contributed by atoms with Crippen LogP contribution in [0.4, 0.5) is 0 Å². The van der Waals surface area contributed by atoms with E-state index in [2.05, 4.69) is 0 Å². The Balaban J connectivity index is 1.80. The maximum Gasteiger partial charge on any atom is 0.165 e. The Labute approximate surface area is 162 Å². The number of hydrogen-bond acceptors (Lipinski definition) is 6. The molecular formula is C22H24O6. The molecule has 4 aliphatic rings. The average Bonchev–Trinajstić information content (AvgIpc) is 2.63. The second-order valence-electron chi connectivity index (χ2n) is 8.93. The molecule has 4 fully saturated rings. The lowest BCUT2D eigenvalue weighted by molar-refractivity contribution is -0.0313. The van der Waals surface area contributed by atoms with Crippen LogP contribution in [0.15, 0.2) is 24.3 Å². The molecule has 3 atom stereocenters. The van der Waals surface area contributed by atoms with Gasteiger partial charge in [-0.25, -0.2) is 0 Å². The molecule has 4 bridgehead atoms. The standard InChI is InChI=1S/C22H24O6/c23-13-1-3-15(25)20(27)17(13)18-12-6-10-5-11(7-12)9-22(18,8-10)19-14(24)2-4-16(26)21(19)28/h1-4,10-12,18,23-28H,5-9H2. The summed E-state index contributed by atoms with van der Waals surface area (Å²) in [6.07, 6.45) is 4.35. The number of hydrogen-bond donors (Lipinski definition) is 6. The highest BCUT2D eigenvalue weighted by atomic mass is 16.3. The molecule has 28 heavy (non-hydrogen) atoms. The highest BCUT2D eigenvalue weighted by molar-refractivity contribution is 5.61. The van der Waals surface area contributed by atoms with Gasteiger partial charge >= 0.3 is 0 Å². The van der Waals surface area contributed by atoms with Crippen LogP contribution in [0.2, 0.25) is 0 Å². The van der Waals surface area contributed by atoms with E-state index in [1.807, 2.05) is 0 Å². The van der Waals surface area contributed by atoms with Gasteiger partial charge in [-0.2, -0.15) is 0 Å². The molecule has 3 unspecified atom stereocenters. The first kappa shape index (κ1) is 17.3. The van der Waals surface area contributed by atoms with E-state index in [4.69, 9.17) is 0 Å². The van der Waals surface area contributed by atoms with Crippen LogP contribution in [0, 0.1) is 17.8 Å². The van der Waals surface area contributed by atoms with Gasteiger partial charge in [-0.05, 0) is 74.1 Å². The van der Waals surface area contributed by atoms with E-state index in [1.54, 1.807) is 0 Å². The van der Waals surface area contributed by atoms with Crippen molar-refractivity contribution >= 4 is 0 Å². The smallest absolute Gasteiger partial charge is 0.165 e. The van der Waals surface area contributed by atoms with Crippen LogP contribution in [0.3, 0.4) is 0 Å². The van der Waals surface area contributed by atoms with Gasteiger partial charge in [0.15, 0.2) is 23.0 Å². The normalized spacial score (nSPS) is 33.3. The fourth-order valence-electron chi connectivity index (χ4n) is 6.87.